The lowest BCUT2D eigenvalue weighted by Crippen LogP contribution is -2.28. The Morgan fingerprint density at radius 1 is 1.24 bits per heavy atom. The molecule has 0 radical (unpaired) electrons. The van der Waals surface area contributed by atoms with Gasteiger partial charge in [-0.15, -0.1) is 0 Å². The van der Waals surface area contributed by atoms with Gasteiger partial charge in [-0.25, -0.2) is 13.2 Å². The maximum atomic E-state index is 12.2. The van der Waals surface area contributed by atoms with E-state index in [1.54, 1.807) is 0 Å². The molecule has 0 saturated heterocycles. The molecule has 2 atom stereocenters. The van der Waals surface area contributed by atoms with Gasteiger partial charge in [0.15, 0.2) is 0 Å². The summed E-state index contributed by atoms with van der Waals surface area (Å²) in [5, 5.41) is 0.125. The molecule has 116 valence electrons. The van der Waals surface area contributed by atoms with Crippen molar-refractivity contribution in [2.75, 3.05) is 0 Å². The number of halogens is 2. The van der Waals surface area contributed by atoms with Crippen molar-refractivity contribution in [3.63, 3.8) is 0 Å². The zero-order valence-corrected chi connectivity index (χ0v) is 13.8. The molecule has 7 heteroatoms. The van der Waals surface area contributed by atoms with Crippen LogP contribution >= 0.6 is 22.3 Å². The predicted octanol–water partition coefficient (Wildman–Crippen LogP) is 4.00. The number of hydrogen-bond acceptors (Lipinski definition) is 4. The van der Waals surface area contributed by atoms with Gasteiger partial charge >= 0.3 is 5.97 Å². The van der Waals surface area contributed by atoms with E-state index in [-0.39, 0.29) is 21.6 Å². The van der Waals surface area contributed by atoms with E-state index in [2.05, 4.69) is 0 Å². The molecule has 2 rings (SSSR count). The van der Waals surface area contributed by atoms with Crippen LogP contribution in [0.2, 0.25) is 5.02 Å². The van der Waals surface area contributed by atoms with E-state index in [9.17, 15) is 13.2 Å². The molecule has 1 saturated carbocycles. The zero-order valence-electron chi connectivity index (χ0n) is 11.5. The lowest BCUT2D eigenvalue weighted by Gasteiger charge is -2.28. The average molecular weight is 351 g/mol. The van der Waals surface area contributed by atoms with E-state index >= 15 is 0 Å². The Hall–Kier alpha value is -0.780. The molecule has 2 unspecified atom stereocenters. The molecular formula is C14H16Cl2O4S. The third-order valence-corrected chi connectivity index (χ3v) is 5.23. The van der Waals surface area contributed by atoms with E-state index < -0.39 is 15.0 Å². The first-order valence-electron chi connectivity index (χ1n) is 6.73. The Morgan fingerprint density at radius 3 is 2.52 bits per heavy atom. The molecule has 0 bridgehead atoms. The lowest BCUT2D eigenvalue weighted by molar-refractivity contribution is 0.00479. The smallest absolute Gasteiger partial charge is 0.338 e. The molecule has 0 N–H and O–H groups in total. The van der Waals surface area contributed by atoms with Gasteiger partial charge in [-0.2, -0.15) is 0 Å². The van der Waals surface area contributed by atoms with Gasteiger partial charge in [0, 0.05) is 15.7 Å². The van der Waals surface area contributed by atoms with Crippen molar-refractivity contribution in [3.05, 3.63) is 28.8 Å². The molecule has 0 spiro atoms. The molecule has 1 aromatic carbocycles. The molecular weight excluding hydrogens is 335 g/mol. The normalized spacial score (nSPS) is 22.8. The van der Waals surface area contributed by atoms with Gasteiger partial charge < -0.3 is 4.74 Å². The van der Waals surface area contributed by atoms with Crippen molar-refractivity contribution in [3.8, 4) is 0 Å². The van der Waals surface area contributed by atoms with Gasteiger partial charge in [-0.05, 0) is 43.4 Å². The molecule has 1 aromatic rings. The number of rotatable bonds is 3. The van der Waals surface area contributed by atoms with Crippen molar-refractivity contribution >= 4 is 37.3 Å². The molecule has 0 heterocycles. The highest BCUT2D eigenvalue weighted by Gasteiger charge is 2.26. The first-order valence-corrected chi connectivity index (χ1v) is 9.42. The summed E-state index contributed by atoms with van der Waals surface area (Å²) in [6.45, 7) is 2.05. The van der Waals surface area contributed by atoms with Gasteiger partial charge in [0.25, 0.3) is 9.05 Å². The van der Waals surface area contributed by atoms with Crippen LogP contribution in [0.1, 0.15) is 43.0 Å². The van der Waals surface area contributed by atoms with Crippen LogP contribution in [0.3, 0.4) is 0 Å². The number of carbonyl (C=O) groups is 1. The summed E-state index contributed by atoms with van der Waals surface area (Å²) >= 11 is 5.84. The van der Waals surface area contributed by atoms with Crippen LogP contribution in [-0.2, 0) is 13.8 Å². The molecule has 0 amide bonds. The molecule has 4 nitrogen and oxygen atoms in total. The topological polar surface area (TPSA) is 60.4 Å². The first-order chi connectivity index (χ1) is 9.77. The highest BCUT2D eigenvalue weighted by atomic mass is 35.7. The van der Waals surface area contributed by atoms with Gasteiger partial charge in [-0.3, -0.25) is 0 Å². The fourth-order valence-electron chi connectivity index (χ4n) is 2.48. The average Bonchev–Trinajstić information content (AvgIpc) is 2.39. The van der Waals surface area contributed by atoms with Crippen LogP contribution in [-0.4, -0.2) is 20.5 Å². The van der Waals surface area contributed by atoms with Crippen LogP contribution in [0.4, 0.5) is 0 Å². The summed E-state index contributed by atoms with van der Waals surface area (Å²) in [6.07, 6.45) is 3.88. The Morgan fingerprint density at radius 2 is 1.90 bits per heavy atom. The van der Waals surface area contributed by atoms with Crippen LogP contribution in [0.15, 0.2) is 23.1 Å². The van der Waals surface area contributed by atoms with Crippen LogP contribution < -0.4 is 0 Å². The number of hydrogen-bond donors (Lipinski definition) is 0. The van der Waals surface area contributed by atoms with Crippen molar-refractivity contribution in [1.29, 1.82) is 0 Å². The van der Waals surface area contributed by atoms with E-state index in [1.807, 2.05) is 6.92 Å². The van der Waals surface area contributed by atoms with Gasteiger partial charge in [0.1, 0.15) is 6.10 Å². The number of benzene rings is 1. The molecule has 1 fully saturated rings. The Kier molecular flexibility index (Phi) is 5.17. The Balaban J connectivity index is 2.21. The maximum Gasteiger partial charge on any atom is 0.338 e. The molecule has 0 aliphatic heterocycles. The minimum absolute atomic E-state index is 0.0968. The lowest BCUT2D eigenvalue weighted by atomic mass is 9.88. The maximum absolute atomic E-state index is 12.2. The minimum atomic E-state index is -3.95. The Labute approximate surface area is 133 Å². The van der Waals surface area contributed by atoms with E-state index in [1.165, 1.54) is 18.2 Å². The Bertz CT molecular complexity index is 642. The van der Waals surface area contributed by atoms with Crippen molar-refractivity contribution < 1.29 is 17.9 Å². The molecule has 1 aliphatic rings. The van der Waals surface area contributed by atoms with Gasteiger partial charge in [0.05, 0.1) is 10.5 Å². The molecule has 0 aromatic heterocycles. The second kappa shape index (κ2) is 6.55. The van der Waals surface area contributed by atoms with Crippen molar-refractivity contribution in [1.82, 2.24) is 0 Å². The number of ether oxygens (including phenoxy) is 1. The van der Waals surface area contributed by atoms with E-state index in [0.29, 0.717) is 5.92 Å². The largest absolute Gasteiger partial charge is 0.458 e. The SMILES string of the molecule is CC1CCCCC1OC(=O)c1cc(Cl)cc(S(=O)(=O)Cl)c1. The highest BCUT2D eigenvalue weighted by Crippen LogP contribution is 2.28. The number of carbonyl (C=O) groups excluding carboxylic acids is 1. The summed E-state index contributed by atoms with van der Waals surface area (Å²) in [7, 11) is 1.34. The van der Waals surface area contributed by atoms with Crippen LogP contribution in [0, 0.1) is 5.92 Å². The van der Waals surface area contributed by atoms with Crippen LogP contribution in [0.5, 0.6) is 0 Å². The fraction of sp³-hybridized carbons (Fsp3) is 0.500. The standard InChI is InChI=1S/C14H16Cl2O4S/c1-9-4-2-3-5-13(9)20-14(17)10-6-11(15)8-12(7-10)21(16,18)19/h6-9,13H,2-5H2,1H3. The predicted molar refractivity (Wildman–Crippen MR) is 81.3 cm³/mol. The second-order valence-electron chi connectivity index (χ2n) is 5.32. The van der Waals surface area contributed by atoms with Gasteiger partial charge in [-0.1, -0.05) is 24.9 Å². The third kappa shape index (κ3) is 4.34. The van der Waals surface area contributed by atoms with E-state index in [0.717, 1.165) is 25.7 Å². The highest BCUT2D eigenvalue weighted by molar-refractivity contribution is 8.13. The monoisotopic (exact) mass is 350 g/mol. The summed E-state index contributed by atoms with van der Waals surface area (Å²) in [5.74, 6) is -0.268. The third-order valence-electron chi connectivity index (χ3n) is 3.68. The summed E-state index contributed by atoms with van der Waals surface area (Å²) in [6, 6.07) is 3.76. The molecule has 1 aliphatic carbocycles. The fourth-order valence-corrected chi connectivity index (χ4v) is 3.59. The summed E-state index contributed by atoms with van der Waals surface area (Å²) < 4.78 is 28.2. The molecule has 21 heavy (non-hydrogen) atoms. The second-order valence-corrected chi connectivity index (χ2v) is 8.32. The van der Waals surface area contributed by atoms with Crippen molar-refractivity contribution in [2.24, 2.45) is 5.92 Å². The minimum Gasteiger partial charge on any atom is -0.458 e. The summed E-state index contributed by atoms with van der Waals surface area (Å²) in [5.41, 5.74) is 0.0968. The van der Waals surface area contributed by atoms with Crippen molar-refractivity contribution in [2.45, 2.75) is 43.6 Å². The van der Waals surface area contributed by atoms with E-state index in [4.69, 9.17) is 27.0 Å². The van der Waals surface area contributed by atoms with Crippen LogP contribution in [0.25, 0.3) is 0 Å². The quantitative estimate of drug-likeness (QED) is 0.610. The summed E-state index contributed by atoms with van der Waals surface area (Å²) in [4.78, 5) is 12.0. The van der Waals surface area contributed by atoms with Gasteiger partial charge in [0.2, 0.25) is 0 Å². The first kappa shape index (κ1) is 16.6. The zero-order chi connectivity index (χ0) is 15.6. The number of esters is 1.